The number of hydrogen-bond donors (Lipinski definition) is 0. The van der Waals surface area contributed by atoms with Crippen molar-refractivity contribution < 1.29 is 45.3 Å². The summed E-state index contributed by atoms with van der Waals surface area (Å²) in [6.45, 7) is 4.99. The van der Waals surface area contributed by atoms with Crippen LogP contribution in [0.1, 0.15) is 78.1 Å². The van der Waals surface area contributed by atoms with Crippen LogP contribution in [0.3, 0.4) is 0 Å². The molecule has 0 rings (SSSR count). The van der Waals surface area contributed by atoms with Gasteiger partial charge in [-0.05, 0) is 22.0 Å². The zero-order valence-corrected chi connectivity index (χ0v) is 17.3. The molecule has 0 spiro atoms. The molecular formula is C14H30CrO6P2+2. The summed E-state index contributed by atoms with van der Waals surface area (Å²) in [5.41, 5.74) is 0. The van der Waals surface area contributed by atoms with Gasteiger partial charge in [0.2, 0.25) is 0 Å². The molecule has 6 nitrogen and oxygen atoms in total. The van der Waals surface area contributed by atoms with Gasteiger partial charge in [0.25, 0.3) is 0 Å². The van der Waals surface area contributed by atoms with E-state index in [2.05, 4.69) is 22.9 Å². The predicted molar refractivity (Wildman–Crippen MR) is 84.6 cm³/mol. The third-order valence-electron chi connectivity index (χ3n) is 2.89. The summed E-state index contributed by atoms with van der Waals surface area (Å²) in [6, 6.07) is 0. The molecule has 0 N–H and O–H groups in total. The van der Waals surface area contributed by atoms with Gasteiger partial charge in [0.1, 0.15) is 13.2 Å². The van der Waals surface area contributed by atoms with Crippen molar-refractivity contribution >= 4 is 16.5 Å². The Kier molecular flexibility index (Phi) is 30.6. The van der Waals surface area contributed by atoms with Crippen molar-refractivity contribution in [3.8, 4) is 0 Å². The van der Waals surface area contributed by atoms with Gasteiger partial charge in [-0.15, -0.1) is 9.05 Å². The molecule has 0 saturated carbocycles. The fraction of sp³-hybridized carbons (Fsp3) is 1.00. The molecule has 0 fully saturated rings. The van der Waals surface area contributed by atoms with Crippen LogP contribution in [0.4, 0.5) is 0 Å². The standard InChI is InChI=1S/2C7H15O3P.Cr/c2*1-2-3-4-5-6-7-10-11(8)9;/h2*2-7H2,1H3;/q;;+2. The van der Waals surface area contributed by atoms with E-state index in [4.69, 9.17) is 0 Å². The van der Waals surface area contributed by atoms with Crippen molar-refractivity contribution in [1.29, 1.82) is 0 Å². The predicted octanol–water partition coefficient (Wildman–Crippen LogP) is 3.98. The van der Waals surface area contributed by atoms with Gasteiger partial charge >= 0.3 is 33.9 Å². The van der Waals surface area contributed by atoms with E-state index in [0.717, 1.165) is 25.7 Å². The van der Waals surface area contributed by atoms with E-state index < -0.39 is 16.5 Å². The van der Waals surface area contributed by atoms with E-state index >= 15 is 0 Å². The van der Waals surface area contributed by atoms with Crippen LogP contribution in [0.15, 0.2) is 0 Å². The Morgan fingerprint density at radius 1 is 0.652 bits per heavy atom. The van der Waals surface area contributed by atoms with E-state index in [0.29, 0.717) is 13.2 Å². The van der Waals surface area contributed by atoms with E-state index in [1.54, 1.807) is 0 Å². The topological polar surface area (TPSA) is 98.7 Å². The molecule has 0 aromatic carbocycles. The Morgan fingerprint density at radius 2 is 0.957 bits per heavy atom. The monoisotopic (exact) mass is 408 g/mol. The molecule has 0 aliphatic rings. The van der Waals surface area contributed by atoms with Crippen LogP contribution in [0.25, 0.3) is 0 Å². The first kappa shape index (κ1) is 28.4. The van der Waals surface area contributed by atoms with Gasteiger partial charge < -0.3 is 9.79 Å². The zero-order chi connectivity index (χ0) is 17.1. The Bertz CT molecular complexity index is 244. The molecule has 23 heavy (non-hydrogen) atoms. The van der Waals surface area contributed by atoms with Gasteiger partial charge in [0.05, 0.1) is 0 Å². The Labute approximate surface area is 153 Å². The minimum absolute atomic E-state index is 0. The molecule has 2 atom stereocenters. The van der Waals surface area contributed by atoms with E-state index in [1.165, 1.54) is 38.5 Å². The first-order valence-corrected chi connectivity index (χ1v) is 10.3. The fourth-order valence-electron chi connectivity index (χ4n) is 1.69. The van der Waals surface area contributed by atoms with Gasteiger partial charge in [-0.2, -0.15) is 0 Å². The van der Waals surface area contributed by atoms with Gasteiger partial charge in [0.15, 0.2) is 0 Å². The summed E-state index contributed by atoms with van der Waals surface area (Å²) in [5, 5.41) is 0. The maximum absolute atomic E-state index is 9.90. The second-order valence-electron chi connectivity index (χ2n) is 4.94. The van der Waals surface area contributed by atoms with Gasteiger partial charge in [-0.3, -0.25) is 0 Å². The molecule has 0 amide bonds. The third-order valence-corrected chi connectivity index (χ3v) is 3.68. The van der Waals surface area contributed by atoms with Crippen LogP contribution in [-0.4, -0.2) is 13.2 Å². The van der Waals surface area contributed by atoms with Gasteiger partial charge in [0, 0.05) is 0 Å². The summed E-state index contributed by atoms with van der Waals surface area (Å²) in [7, 11) is -5.25. The Balaban J connectivity index is -0.000000333. The van der Waals surface area contributed by atoms with Crippen molar-refractivity contribution in [1.82, 2.24) is 0 Å². The van der Waals surface area contributed by atoms with Gasteiger partial charge in [-0.25, -0.2) is 0 Å². The molecule has 0 bridgehead atoms. The number of rotatable bonds is 14. The zero-order valence-electron chi connectivity index (χ0n) is 14.2. The molecule has 0 aromatic rings. The normalized spacial score (nSPS) is 11.1. The van der Waals surface area contributed by atoms with Crippen LogP contribution in [-0.2, 0) is 35.5 Å². The quantitative estimate of drug-likeness (QED) is 0.318. The number of unbranched alkanes of at least 4 members (excludes halogenated alkanes) is 8. The Morgan fingerprint density at radius 3 is 1.22 bits per heavy atom. The molecule has 0 radical (unpaired) electrons. The van der Waals surface area contributed by atoms with Crippen LogP contribution in [0.5, 0.6) is 0 Å². The molecule has 0 aliphatic heterocycles. The molecule has 2 unspecified atom stereocenters. The molecule has 0 saturated heterocycles. The minimum Gasteiger partial charge on any atom is -0.566 e. The maximum Gasteiger partial charge on any atom is 2.00 e. The summed E-state index contributed by atoms with van der Waals surface area (Å²) < 4.78 is 28.6. The SMILES string of the molecule is CCCCCCCO[P+](=O)[O-].CCCCCCCO[P+](=O)[O-].[Cr+2]. The van der Waals surface area contributed by atoms with E-state index in [1.807, 2.05) is 0 Å². The molecular weight excluding hydrogens is 378 g/mol. The molecule has 9 heteroatoms. The summed E-state index contributed by atoms with van der Waals surface area (Å²) >= 11 is 0. The van der Waals surface area contributed by atoms with Crippen LogP contribution >= 0.6 is 16.5 Å². The fourth-order valence-corrected chi connectivity index (χ4v) is 2.25. The van der Waals surface area contributed by atoms with Crippen molar-refractivity contribution in [3.05, 3.63) is 0 Å². The average molecular weight is 408 g/mol. The van der Waals surface area contributed by atoms with Crippen LogP contribution in [0, 0.1) is 0 Å². The first-order chi connectivity index (χ1) is 10.5. The minimum atomic E-state index is -2.62. The van der Waals surface area contributed by atoms with Crippen LogP contribution in [0.2, 0.25) is 0 Å². The smallest absolute Gasteiger partial charge is 0.566 e. The molecule has 0 heterocycles. The third kappa shape index (κ3) is 34.8. The summed E-state index contributed by atoms with van der Waals surface area (Å²) in [4.78, 5) is 19.8. The van der Waals surface area contributed by atoms with Crippen molar-refractivity contribution in [2.24, 2.45) is 0 Å². The Hall–Kier alpha value is 0.572. The van der Waals surface area contributed by atoms with Crippen molar-refractivity contribution in [2.75, 3.05) is 13.2 Å². The molecule has 0 aromatic heterocycles. The molecule has 0 aliphatic carbocycles. The summed E-state index contributed by atoms with van der Waals surface area (Å²) in [5.74, 6) is 0. The van der Waals surface area contributed by atoms with Crippen molar-refractivity contribution in [2.45, 2.75) is 78.1 Å². The summed E-state index contributed by atoms with van der Waals surface area (Å²) in [6.07, 6.45) is 11.0. The van der Waals surface area contributed by atoms with Crippen molar-refractivity contribution in [3.63, 3.8) is 0 Å². The largest absolute Gasteiger partial charge is 2.00 e. The van der Waals surface area contributed by atoms with E-state index in [9.17, 15) is 18.9 Å². The number of hydrogen-bond acceptors (Lipinski definition) is 6. The average Bonchev–Trinajstić information content (AvgIpc) is 2.46. The van der Waals surface area contributed by atoms with E-state index in [-0.39, 0.29) is 17.4 Å². The first-order valence-electron chi connectivity index (χ1n) is 8.09. The molecule has 136 valence electrons. The second kappa shape index (κ2) is 24.8. The maximum atomic E-state index is 9.90. The van der Waals surface area contributed by atoms with Crippen LogP contribution < -0.4 is 9.79 Å². The second-order valence-corrected chi connectivity index (χ2v) is 6.35. The van der Waals surface area contributed by atoms with Gasteiger partial charge in [-0.1, -0.05) is 65.2 Å².